The van der Waals surface area contributed by atoms with Crippen LogP contribution in [-0.2, 0) is 4.79 Å². The van der Waals surface area contributed by atoms with E-state index in [9.17, 15) is 9.59 Å². The fourth-order valence-corrected chi connectivity index (χ4v) is 4.68. The number of rotatable bonds is 5. The predicted molar refractivity (Wildman–Crippen MR) is 124 cm³/mol. The third-order valence-electron chi connectivity index (χ3n) is 6.74. The zero-order valence-electron chi connectivity index (χ0n) is 19.9. The molecule has 2 heterocycles. The minimum absolute atomic E-state index is 0.00955. The van der Waals surface area contributed by atoms with Crippen molar-refractivity contribution >= 4 is 11.7 Å². The Bertz CT molecular complexity index is 1080. The number of piperidine rings is 1. The number of likely N-dealkylation sites (tertiary alicyclic amines) is 1. The normalized spacial score (nSPS) is 16.8. The summed E-state index contributed by atoms with van der Waals surface area (Å²) in [6, 6.07) is 7.50. The Morgan fingerprint density at radius 3 is 2.45 bits per heavy atom. The Kier molecular flexibility index (Phi) is 6.23. The second-order valence-electron chi connectivity index (χ2n) is 8.94. The van der Waals surface area contributed by atoms with Gasteiger partial charge in [-0.05, 0) is 55.7 Å². The maximum atomic E-state index is 12.9. The second kappa shape index (κ2) is 8.96. The van der Waals surface area contributed by atoms with Gasteiger partial charge < -0.3 is 23.8 Å². The van der Waals surface area contributed by atoms with Crippen molar-refractivity contribution in [3.8, 4) is 23.0 Å². The van der Waals surface area contributed by atoms with Gasteiger partial charge in [-0.3, -0.25) is 9.59 Å². The Labute approximate surface area is 194 Å². The summed E-state index contributed by atoms with van der Waals surface area (Å²) >= 11 is 0. The van der Waals surface area contributed by atoms with Crippen molar-refractivity contribution in [3.05, 3.63) is 46.5 Å². The lowest BCUT2D eigenvalue weighted by Crippen LogP contribution is -2.53. The summed E-state index contributed by atoms with van der Waals surface area (Å²) in [6.07, 6.45) is 1.41. The molecule has 1 saturated heterocycles. The molecule has 2 aliphatic rings. The molecule has 1 spiro atoms. The number of ketones is 1. The summed E-state index contributed by atoms with van der Waals surface area (Å²) < 4.78 is 23.1. The van der Waals surface area contributed by atoms with E-state index in [1.807, 2.05) is 26.8 Å². The van der Waals surface area contributed by atoms with Gasteiger partial charge >= 0.3 is 0 Å². The molecular weight excluding hydrogens is 422 g/mol. The van der Waals surface area contributed by atoms with Gasteiger partial charge in [-0.25, -0.2) is 0 Å². The molecule has 0 aromatic heterocycles. The summed E-state index contributed by atoms with van der Waals surface area (Å²) in [7, 11) is 3.09. The van der Waals surface area contributed by atoms with Crippen molar-refractivity contribution in [3.63, 3.8) is 0 Å². The van der Waals surface area contributed by atoms with Crippen LogP contribution >= 0.6 is 0 Å². The van der Waals surface area contributed by atoms with Crippen LogP contribution in [0, 0.1) is 20.8 Å². The number of benzene rings is 2. The first-order valence-electron chi connectivity index (χ1n) is 11.2. The Morgan fingerprint density at radius 2 is 1.79 bits per heavy atom. The molecule has 0 atom stereocenters. The topological polar surface area (TPSA) is 74.3 Å². The van der Waals surface area contributed by atoms with Crippen LogP contribution in [0.5, 0.6) is 23.0 Å². The van der Waals surface area contributed by atoms with E-state index in [1.165, 1.54) is 7.11 Å². The van der Waals surface area contributed by atoms with Gasteiger partial charge in [0.05, 0.1) is 26.2 Å². The van der Waals surface area contributed by atoms with Crippen LogP contribution in [0.2, 0.25) is 0 Å². The van der Waals surface area contributed by atoms with Crippen LogP contribution in [0.3, 0.4) is 0 Å². The van der Waals surface area contributed by atoms with Crippen LogP contribution in [0.15, 0.2) is 24.3 Å². The summed E-state index contributed by atoms with van der Waals surface area (Å²) in [5.74, 6) is 2.08. The maximum Gasteiger partial charge on any atom is 0.260 e. The van der Waals surface area contributed by atoms with E-state index in [2.05, 4.69) is 6.07 Å². The summed E-state index contributed by atoms with van der Waals surface area (Å²) in [5, 5.41) is 0. The van der Waals surface area contributed by atoms with Crippen molar-refractivity contribution in [2.45, 2.75) is 45.6 Å². The highest BCUT2D eigenvalue weighted by Crippen LogP contribution is 2.47. The van der Waals surface area contributed by atoms with Crippen LogP contribution < -0.4 is 18.9 Å². The van der Waals surface area contributed by atoms with E-state index in [0.717, 1.165) is 22.4 Å². The van der Waals surface area contributed by atoms with E-state index >= 15 is 0 Å². The highest BCUT2D eigenvalue weighted by atomic mass is 16.5. The fraction of sp³-hybridized carbons (Fsp3) is 0.462. The van der Waals surface area contributed by atoms with E-state index in [4.69, 9.17) is 18.9 Å². The molecule has 0 bridgehead atoms. The number of carbonyl (C=O) groups is 2. The van der Waals surface area contributed by atoms with Crippen molar-refractivity contribution in [2.75, 3.05) is 33.9 Å². The van der Waals surface area contributed by atoms with E-state index in [-0.39, 0.29) is 24.7 Å². The zero-order chi connectivity index (χ0) is 23.8. The van der Waals surface area contributed by atoms with Gasteiger partial charge in [0.1, 0.15) is 11.4 Å². The third-order valence-corrected chi connectivity index (χ3v) is 6.74. The molecule has 0 radical (unpaired) electrons. The van der Waals surface area contributed by atoms with Gasteiger partial charge in [0.15, 0.2) is 23.9 Å². The highest BCUT2D eigenvalue weighted by molar-refractivity contribution is 6.01. The van der Waals surface area contributed by atoms with E-state index < -0.39 is 5.60 Å². The number of Topliss-reactive ketones (excluding diaryl/α,β-unsaturated/α-hetero) is 1. The monoisotopic (exact) mass is 453 g/mol. The average molecular weight is 454 g/mol. The number of hydrogen-bond acceptors (Lipinski definition) is 6. The molecule has 2 aliphatic heterocycles. The first kappa shape index (κ1) is 23.0. The van der Waals surface area contributed by atoms with E-state index in [1.54, 1.807) is 24.1 Å². The molecule has 1 fully saturated rings. The number of carbonyl (C=O) groups excluding carboxylic acids is 2. The summed E-state index contributed by atoms with van der Waals surface area (Å²) in [4.78, 5) is 27.5. The summed E-state index contributed by atoms with van der Waals surface area (Å²) in [6.45, 7) is 7.04. The molecule has 2 aromatic carbocycles. The molecule has 0 saturated carbocycles. The third kappa shape index (κ3) is 4.36. The predicted octanol–water partition coefficient (Wildman–Crippen LogP) is 4.03. The Hall–Kier alpha value is -3.22. The largest absolute Gasteiger partial charge is 0.493 e. The molecule has 7 nitrogen and oxygen atoms in total. The van der Waals surface area contributed by atoms with Crippen LogP contribution in [0.4, 0.5) is 0 Å². The Morgan fingerprint density at radius 1 is 1.06 bits per heavy atom. The number of ether oxygens (including phenoxy) is 4. The van der Waals surface area contributed by atoms with Crippen molar-refractivity contribution in [1.29, 1.82) is 0 Å². The summed E-state index contributed by atoms with van der Waals surface area (Å²) in [5.41, 5.74) is 3.15. The number of methoxy groups -OCH3 is 2. The molecule has 1 amide bonds. The second-order valence-corrected chi connectivity index (χ2v) is 8.94. The van der Waals surface area contributed by atoms with Crippen LogP contribution in [-0.4, -0.2) is 56.1 Å². The molecule has 33 heavy (non-hydrogen) atoms. The van der Waals surface area contributed by atoms with Crippen LogP contribution in [0.1, 0.15) is 46.3 Å². The molecule has 176 valence electrons. The number of aryl methyl sites for hydroxylation is 2. The average Bonchev–Trinajstić information content (AvgIpc) is 2.79. The minimum Gasteiger partial charge on any atom is -0.493 e. The highest BCUT2D eigenvalue weighted by Gasteiger charge is 2.45. The lowest BCUT2D eigenvalue weighted by atomic mass is 9.82. The van der Waals surface area contributed by atoms with Gasteiger partial charge in [-0.1, -0.05) is 6.07 Å². The molecule has 7 heteroatoms. The van der Waals surface area contributed by atoms with Gasteiger partial charge in [-0.2, -0.15) is 0 Å². The minimum atomic E-state index is -0.647. The molecular formula is C26H31NO6. The molecule has 0 N–H and O–H groups in total. The Balaban J connectivity index is 1.43. The molecule has 2 aromatic rings. The SMILES string of the molecule is COc1ccc2c(c1OC)OC1(CCN(C(=O)COc3cc(C)cc(C)c3C)CC1)CC2=O. The molecule has 0 unspecified atom stereocenters. The first-order valence-corrected chi connectivity index (χ1v) is 11.2. The number of amides is 1. The smallest absolute Gasteiger partial charge is 0.260 e. The zero-order valence-corrected chi connectivity index (χ0v) is 19.9. The quantitative estimate of drug-likeness (QED) is 0.681. The maximum absolute atomic E-state index is 12.9. The number of fused-ring (bicyclic) bond motifs is 1. The number of nitrogens with zero attached hydrogens (tertiary/aromatic N) is 1. The fourth-order valence-electron chi connectivity index (χ4n) is 4.68. The van der Waals surface area contributed by atoms with Crippen molar-refractivity contribution in [1.82, 2.24) is 4.90 Å². The van der Waals surface area contributed by atoms with Crippen molar-refractivity contribution < 1.29 is 28.5 Å². The van der Waals surface area contributed by atoms with Crippen molar-refractivity contribution in [2.24, 2.45) is 0 Å². The van der Waals surface area contributed by atoms with Crippen LogP contribution in [0.25, 0.3) is 0 Å². The first-order chi connectivity index (χ1) is 15.8. The molecule has 4 rings (SSSR count). The van der Waals surface area contributed by atoms with Gasteiger partial charge in [0.2, 0.25) is 5.75 Å². The molecule has 0 aliphatic carbocycles. The number of hydrogen-bond donors (Lipinski definition) is 0. The van der Waals surface area contributed by atoms with Gasteiger partial charge in [0, 0.05) is 25.9 Å². The van der Waals surface area contributed by atoms with Gasteiger partial charge in [-0.15, -0.1) is 0 Å². The lowest BCUT2D eigenvalue weighted by molar-refractivity contribution is -0.137. The van der Waals surface area contributed by atoms with Gasteiger partial charge in [0.25, 0.3) is 5.91 Å². The lowest BCUT2D eigenvalue weighted by Gasteiger charge is -2.44. The standard InChI is InChI=1S/C26H31NO6/c1-16-12-17(2)18(3)22(13-16)32-15-23(29)27-10-8-26(9-11-27)14-20(28)19-6-7-21(30-4)25(31-5)24(19)33-26/h6-7,12-13H,8-11,14-15H2,1-5H3. The van der Waals surface area contributed by atoms with E-state index in [0.29, 0.717) is 48.7 Å².